The normalized spacial score (nSPS) is 10.6. The highest BCUT2D eigenvalue weighted by atomic mass is 35.5. The first kappa shape index (κ1) is 13.6. The summed E-state index contributed by atoms with van der Waals surface area (Å²) in [5.74, 6) is -0.135. The molecular weight excluding hydrogens is 288 g/mol. The number of nitrogens with two attached hydrogens (primary N) is 1. The number of nitrogens with one attached hydrogen (secondary N) is 2. The fourth-order valence-corrected chi connectivity index (χ4v) is 2.68. The molecule has 2 rings (SSSR count). The van der Waals surface area contributed by atoms with Gasteiger partial charge in [0, 0.05) is 18.3 Å². The van der Waals surface area contributed by atoms with Crippen molar-refractivity contribution in [3.8, 4) is 0 Å². The maximum atomic E-state index is 11.4. The first-order valence-corrected chi connectivity index (χ1v) is 6.56. The Balaban J connectivity index is 2.41. The van der Waals surface area contributed by atoms with Gasteiger partial charge in [0.25, 0.3) is 0 Å². The fraction of sp³-hybridized carbons (Fsp3) is 0.200. The lowest BCUT2D eigenvalue weighted by molar-refractivity contribution is 0.660. The van der Waals surface area contributed by atoms with Crippen LogP contribution in [0.2, 0.25) is 5.02 Å². The molecule has 0 fully saturated rings. The van der Waals surface area contributed by atoms with E-state index in [2.05, 4.69) is 15.2 Å². The van der Waals surface area contributed by atoms with Crippen LogP contribution < -0.4 is 11.4 Å². The van der Waals surface area contributed by atoms with Gasteiger partial charge in [0.1, 0.15) is 10.9 Å². The van der Waals surface area contributed by atoms with Crippen LogP contribution in [0, 0.1) is 5.41 Å². The summed E-state index contributed by atoms with van der Waals surface area (Å²) in [5.41, 5.74) is 5.54. The fourth-order valence-electron chi connectivity index (χ4n) is 1.45. The van der Waals surface area contributed by atoms with E-state index in [0.29, 0.717) is 22.3 Å². The maximum absolute atomic E-state index is 11.4. The molecule has 0 radical (unpaired) electrons. The van der Waals surface area contributed by atoms with E-state index in [9.17, 15) is 4.79 Å². The van der Waals surface area contributed by atoms with E-state index in [4.69, 9.17) is 22.7 Å². The van der Waals surface area contributed by atoms with Gasteiger partial charge in [-0.3, -0.25) is 9.98 Å². The van der Waals surface area contributed by atoms with Crippen molar-refractivity contribution < 1.29 is 0 Å². The van der Waals surface area contributed by atoms with Gasteiger partial charge >= 0.3 is 5.69 Å². The summed E-state index contributed by atoms with van der Waals surface area (Å²) in [7, 11) is 0. The first-order chi connectivity index (χ1) is 9.04. The SMILES string of the molecule is CCn1c(Sc2nccc(C(=N)N)c2Cl)n[nH]c1=O. The summed E-state index contributed by atoms with van der Waals surface area (Å²) in [6.45, 7) is 2.32. The van der Waals surface area contributed by atoms with E-state index < -0.39 is 0 Å². The first-order valence-electron chi connectivity index (χ1n) is 5.36. The molecule has 0 spiro atoms. The molecule has 2 aromatic heterocycles. The molecule has 0 aliphatic rings. The van der Waals surface area contributed by atoms with Crippen molar-refractivity contribution in [2.75, 3.05) is 0 Å². The number of hydrogen-bond acceptors (Lipinski definition) is 5. The Morgan fingerprint density at radius 2 is 2.42 bits per heavy atom. The van der Waals surface area contributed by atoms with Crippen LogP contribution >= 0.6 is 23.4 Å². The summed E-state index contributed by atoms with van der Waals surface area (Å²) in [5, 5.41) is 14.9. The number of halogens is 1. The van der Waals surface area contributed by atoms with Crippen molar-refractivity contribution in [1.29, 1.82) is 5.41 Å². The van der Waals surface area contributed by atoms with Gasteiger partial charge in [-0.15, -0.1) is 5.10 Å². The monoisotopic (exact) mass is 298 g/mol. The number of H-pyrrole nitrogens is 1. The van der Waals surface area contributed by atoms with Crippen molar-refractivity contribution in [1.82, 2.24) is 19.7 Å². The van der Waals surface area contributed by atoms with Crippen LogP contribution in [0.5, 0.6) is 0 Å². The summed E-state index contributed by atoms with van der Waals surface area (Å²) >= 11 is 7.27. The maximum Gasteiger partial charge on any atom is 0.343 e. The summed E-state index contributed by atoms with van der Waals surface area (Å²) < 4.78 is 1.46. The molecule has 100 valence electrons. The van der Waals surface area contributed by atoms with E-state index >= 15 is 0 Å². The molecule has 0 amide bonds. The second kappa shape index (κ2) is 5.45. The van der Waals surface area contributed by atoms with Crippen LogP contribution in [0.15, 0.2) is 27.2 Å². The molecule has 2 aromatic rings. The van der Waals surface area contributed by atoms with Crippen molar-refractivity contribution in [2.45, 2.75) is 23.7 Å². The Bertz CT molecular complexity index is 679. The van der Waals surface area contributed by atoms with Crippen LogP contribution in [0.25, 0.3) is 0 Å². The lowest BCUT2D eigenvalue weighted by Crippen LogP contribution is -2.16. The molecule has 0 aliphatic carbocycles. The summed E-state index contributed by atoms with van der Waals surface area (Å²) in [6.07, 6.45) is 1.51. The summed E-state index contributed by atoms with van der Waals surface area (Å²) in [6, 6.07) is 1.56. The lowest BCUT2D eigenvalue weighted by Gasteiger charge is -2.06. The molecule has 9 heteroatoms. The average molecular weight is 299 g/mol. The standard InChI is InChI=1S/C10H11ClN6OS/c1-2-17-9(18)15-16-10(17)19-8-6(11)5(7(12)13)3-4-14-8/h3-4H,2H2,1H3,(H3,12,13)(H,15,18). The molecular formula is C10H11ClN6OS. The minimum atomic E-state index is -0.288. The minimum absolute atomic E-state index is 0.135. The number of nitrogens with zero attached hydrogens (tertiary/aromatic N) is 3. The third-order valence-electron chi connectivity index (χ3n) is 2.37. The zero-order valence-corrected chi connectivity index (χ0v) is 11.5. The molecule has 0 saturated carbocycles. The Morgan fingerprint density at radius 3 is 3.05 bits per heavy atom. The predicted molar refractivity (Wildman–Crippen MR) is 72.9 cm³/mol. The van der Waals surface area contributed by atoms with E-state index in [-0.39, 0.29) is 16.5 Å². The van der Waals surface area contributed by atoms with Gasteiger partial charge < -0.3 is 5.73 Å². The van der Waals surface area contributed by atoms with Crippen molar-refractivity contribution >= 4 is 29.2 Å². The number of aromatic nitrogens is 4. The van der Waals surface area contributed by atoms with E-state index in [0.717, 1.165) is 11.8 Å². The van der Waals surface area contributed by atoms with Gasteiger partial charge in [-0.1, -0.05) is 11.6 Å². The molecule has 4 N–H and O–H groups in total. The number of amidine groups is 1. The third-order valence-corrected chi connectivity index (χ3v) is 3.87. The Kier molecular flexibility index (Phi) is 3.91. The highest BCUT2D eigenvalue weighted by molar-refractivity contribution is 7.99. The topological polar surface area (TPSA) is 113 Å². The van der Waals surface area contributed by atoms with Crippen LogP contribution in [0.4, 0.5) is 0 Å². The second-order valence-electron chi connectivity index (χ2n) is 3.55. The van der Waals surface area contributed by atoms with Gasteiger partial charge in [-0.2, -0.15) is 0 Å². The summed E-state index contributed by atoms with van der Waals surface area (Å²) in [4.78, 5) is 15.6. The lowest BCUT2D eigenvalue weighted by atomic mass is 10.2. The number of aromatic amines is 1. The van der Waals surface area contributed by atoms with Crippen molar-refractivity contribution in [2.24, 2.45) is 5.73 Å². The van der Waals surface area contributed by atoms with Crippen LogP contribution in [-0.4, -0.2) is 25.6 Å². The minimum Gasteiger partial charge on any atom is -0.384 e. The smallest absolute Gasteiger partial charge is 0.343 e. The number of pyridine rings is 1. The molecule has 7 nitrogen and oxygen atoms in total. The average Bonchev–Trinajstić information content (AvgIpc) is 2.72. The van der Waals surface area contributed by atoms with Crippen molar-refractivity contribution in [3.05, 3.63) is 33.3 Å². The van der Waals surface area contributed by atoms with Gasteiger partial charge in [0.05, 0.1) is 5.02 Å². The van der Waals surface area contributed by atoms with E-state index in [1.165, 1.54) is 10.8 Å². The Morgan fingerprint density at radius 1 is 1.68 bits per heavy atom. The van der Waals surface area contributed by atoms with Gasteiger partial charge in [0.15, 0.2) is 5.16 Å². The molecule has 19 heavy (non-hydrogen) atoms. The molecule has 0 aliphatic heterocycles. The number of rotatable bonds is 4. The van der Waals surface area contributed by atoms with Crippen LogP contribution in [0.3, 0.4) is 0 Å². The molecule has 0 unspecified atom stereocenters. The zero-order valence-electron chi connectivity index (χ0n) is 9.98. The molecule has 0 aromatic carbocycles. The van der Waals surface area contributed by atoms with Gasteiger partial charge in [-0.05, 0) is 24.8 Å². The molecule has 2 heterocycles. The largest absolute Gasteiger partial charge is 0.384 e. The molecule has 0 bridgehead atoms. The number of hydrogen-bond donors (Lipinski definition) is 3. The van der Waals surface area contributed by atoms with Gasteiger partial charge in [0.2, 0.25) is 0 Å². The van der Waals surface area contributed by atoms with E-state index in [1.807, 2.05) is 6.92 Å². The van der Waals surface area contributed by atoms with E-state index in [1.54, 1.807) is 6.07 Å². The van der Waals surface area contributed by atoms with Gasteiger partial charge in [-0.25, -0.2) is 14.9 Å². The highest BCUT2D eigenvalue weighted by Gasteiger charge is 2.15. The molecule has 0 atom stereocenters. The highest BCUT2D eigenvalue weighted by Crippen LogP contribution is 2.31. The Hall–Kier alpha value is -1.80. The third kappa shape index (κ3) is 2.64. The van der Waals surface area contributed by atoms with Crippen LogP contribution in [-0.2, 0) is 6.54 Å². The van der Waals surface area contributed by atoms with Crippen molar-refractivity contribution in [3.63, 3.8) is 0 Å². The molecule has 0 saturated heterocycles. The second-order valence-corrected chi connectivity index (χ2v) is 4.88. The number of nitrogen functional groups attached to an aromatic ring is 1. The quantitative estimate of drug-likeness (QED) is 0.577. The van der Waals surface area contributed by atoms with Crippen LogP contribution in [0.1, 0.15) is 12.5 Å². The predicted octanol–water partition coefficient (Wildman–Crippen LogP) is 1.07. The zero-order chi connectivity index (χ0) is 14.0. The Labute approximate surface area is 117 Å².